The Labute approximate surface area is 139 Å². The standard InChI is InChI=1S/C17H20N2O5/c20-11-14-6-3-7-19(14)16(22)9-13-5-2-1-4-12(13)8-15(21)18-10-17(23)24/h1-2,4-5,11,14H,3,6-10H2,(H,18,21)(H,23,24). The van der Waals surface area contributed by atoms with Crippen molar-refractivity contribution in [1.29, 1.82) is 0 Å². The lowest BCUT2D eigenvalue weighted by atomic mass is 10.0. The number of carbonyl (C=O) groups is 4. The summed E-state index contributed by atoms with van der Waals surface area (Å²) in [5.41, 5.74) is 1.39. The number of likely N-dealkylation sites (tertiary alicyclic amines) is 1. The number of hydrogen-bond donors (Lipinski definition) is 2. The number of benzene rings is 1. The molecule has 7 heteroatoms. The number of carboxylic acid groups (broad SMARTS) is 1. The van der Waals surface area contributed by atoms with E-state index in [1.807, 2.05) is 0 Å². The molecule has 1 fully saturated rings. The lowest BCUT2D eigenvalue weighted by Gasteiger charge is -2.21. The van der Waals surface area contributed by atoms with Gasteiger partial charge in [-0.1, -0.05) is 24.3 Å². The number of amides is 2. The van der Waals surface area contributed by atoms with Crippen molar-refractivity contribution in [2.24, 2.45) is 0 Å². The Morgan fingerprint density at radius 3 is 2.50 bits per heavy atom. The van der Waals surface area contributed by atoms with Crippen molar-refractivity contribution >= 4 is 24.1 Å². The van der Waals surface area contributed by atoms with Gasteiger partial charge in [0.1, 0.15) is 12.8 Å². The SMILES string of the molecule is O=CC1CCCN1C(=O)Cc1ccccc1CC(=O)NCC(=O)O. The molecule has 1 unspecified atom stereocenters. The van der Waals surface area contributed by atoms with Crippen LogP contribution in [0.5, 0.6) is 0 Å². The van der Waals surface area contributed by atoms with Crippen molar-refractivity contribution in [3.8, 4) is 0 Å². The molecule has 1 aromatic carbocycles. The predicted molar refractivity (Wildman–Crippen MR) is 85.3 cm³/mol. The van der Waals surface area contributed by atoms with E-state index >= 15 is 0 Å². The summed E-state index contributed by atoms with van der Waals surface area (Å²) in [6.07, 6.45) is 2.43. The summed E-state index contributed by atoms with van der Waals surface area (Å²) < 4.78 is 0. The number of carboxylic acids is 1. The molecule has 24 heavy (non-hydrogen) atoms. The van der Waals surface area contributed by atoms with Gasteiger partial charge < -0.3 is 20.1 Å². The maximum atomic E-state index is 12.4. The normalized spacial score (nSPS) is 16.7. The average Bonchev–Trinajstić information content (AvgIpc) is 3.03. The van der Waals surface area contributed by atoms with Crippen LogP contribution in [0.3, 0.4) is 0 Å². The number of nitrogens with one attached hydrogen (secondary N) is 1. The molecule has 2 N–H and O–H groups in total. The van der Waals surface area contributed by atoms with Gasteiger partial charge in [0.05, 0.1) is 18.9 Å². The minimum atomic E-state index is -1.11. The van der Waals surface area contributed by atoms with Crippen molar-refractivity contribution in [3.63, 3.8) is 0 Å². The van der Waals surface area contributed by atoms with Crippen LogP contribution in [-0.2, 0) is 32.0 Å². The third kappa shape index (κ3) is 4.65. The Morgan fingerprint density at radius 2 is 1.88 bits per heavy atom. The number of aldehydes is 1. The van der Waals surface area contributed by atoms with Gasteiger partial charge in [0.2, 0.25) is 11.8 Å². The fourth-order valence-corrected chi connectivity index (χ4v) is 2.82. The van der Waals surface area contributed by atoms with Crippen molar-refractivity contribution in [3.05, 3.63) is 35.4 Å². The molecule has 0 spiro atoms. The van der Waals surface area contributed by atoms with Crippen LogP contribution in [0, 0.1) is 0 Å². The highest BCUT2D eigenvalue weighted by atomic mass is 16.4. The van der Waals surface area contributed by atoms with Crippen LogP contribution in [0.4, 0.5) is 0 Å². The molecule has 2 rings (SSSR count). The Balaban J connectivity index is 2.03. The quantitative estimate of drug-likeness (QED) is 0.692. The monoisotopic (exact) mass is 332 g/mol. The molecule has 1 saturated heterocycles. The minimum Gasteiger partial charge on any atom is -0.480 e. The zero-order valence-corrected chi connectivity index (χ0v) is 13.2. The van der Waals surface area contributed by atoms with Gasteiger partial charge in [0.25, 0.3) is 0 Å². The molecule has 2 amide bonds. The topological polar surface area (TPSA) is 104 Å². The fraction of sp³-hybridized carbons (Fsp3) is 0.412. The molecule has 1 aromatic rings. The molecule has 1 aliphatic heterocycles. The third-order valence-corrected chi connectivity index (χ3v) is 4.02. The van der Waals surface area contributed by atoms with E-state index in [0.717, 1.165) is 12.7 Å². The molecule has 0 radical (unpaired) electrons. The van der Waals surface area contributed by atoms with E-state index in [4.69, 9.17) is 5.11 Å². The third-order valence-electron chi connectivity index (χ3n) is 4.02. The van der Waals surface area contributed by atoms with E-state index in [2.05, 4.69) is 5.32 Å². The molecule has 0 saturated carbocycles. The zero-order chi connectivity index (χ0) is 17.5. The summed E-state index contributed by atoms with van der Waals surface area (Å²) in [4.78, 5) is 47.3. The Bertz CT molecular complexity index is 644. The highest BCUT2D eigenvalue weighted by Gasteiger charge is 2.28. The zero-order valence-electron chi connectivity index (χ0n) is 13.2. The summed E-state index contributed by atoms with van der Waals surface area (Å²) in [5, 5.41) is 10.9. The van der Waals surface area contributed by atoms with E-state index in [-0.39, 0.29) is 24.8 Å². The summed E-state index contributed by atoms with van der Waals surface area (Å²) >= 11 is 0. The van der Waals surface area contributed by atoms with Gasteiger partial charge in [-0.3, -0.25) is 14.4 Å². The van der Waals surface area contributed by atoms with E-state index in [1.165, 1.54) is 0 Å². The number of nitrogens with zero attached hydrogens (tertiary/aromatic N) is 1. The molecule has 1 heterocycles. The van der Waals surface area contributed by atoms with E-state index < -0.39 is 18.4 Å². The maximum absolute atomic E-state index is 12.4. The molecule has 1 atom stereocenters. The Hall–Kier alpha value is -2.70. The van der Waals surface area contributed by atoms with E-state index in [0.29, 0.717) is 24.1 Å². The summed E-state index contributed by atoms with van der Waals surface area (Å²) in [7, 11) is 0. The second kappa shape index (κ2) is 8.24. The van der Waals surface area contributed by atoms with Crippen molar-refractivity contribution < 1.29 is 24.3 Å². The first-order chi connectivity index (χ1) is 11.5. The molecule has 0 aromatic heterocycles. The van der Waals surface area contributed by atoms with Crippen molar-refractivity contribution in [2.45, 2.75) is 31.7 Å². The van der Waals surface area contributed by atoms with Crippen molar-refractivity contribution in [2.75, 3.05) is 13.1 Å². The molecule has 7 nitrogen and oxygen atoms in total. The summed E-state index contributed by atoms with van der Waals surface area (Å²) in [6, 6.07) is 6.69. The van der Waals surface area contributed by atoms with Crippen LogP contribution in [0.15, 0.2) is 24.3 Å². The molecular formula is C17H20N2O5. The molecular weight excluding hydrogens is 312 g/mol. The average molecular weight is 332 g/mol. The predicted octanol–water partition coefficient (Wildman–Crippen LogP) is 0.162. The van der Waals surface area contributed by atoms with Crippen LogP contribution in [0.2, 0.25) is 0 Å². The van der Waals surface area contributed by atoms with Gasteiger partial charge >= 0.3 is 5.97 Å². The van der Waals surface area contributed by atoms with Gasteiger partial charge in [-0.05, 0) is 24.0 Å². The highest BCUT2D eigenvalue weighted by molar-refractivity contribution is 5.85. The van der Waals surface area contributed by atoms with Crippen LogP contribution in [0.1, 0.15) is 24.0 Å². The van der Waals surface area contributed by atoms with Crippen LogP contribution >= 0.6 is 0 Å². The smallest absolute Gasteiger partial charge is 0.322 e. The first kappa shape index (κ1) is 17.7. The lowest BCUT2D eigenvalue weighted by molar-refractivity contribution is -0.137. The first-order valence-electron chi connectivity index (χ1n) is 7.81. The molecule has 0 aliphatic carbocycles. The Kier molecular flexibility index (Phi) is 6.06. The van der Waals surface area contributed by atoms with Crippen LogP contribution in [-0.4, -0.2) is 53.2 Å². The van der Waals surface area contributed by atoms with Gasteiger partial charge in [-0.2, -0.15) is 0 Å². The van der Waals surface area contributed by atoms with Crippen LogP contribution < -0.4 is 5.32 Å². The maximum Gasteiger partial charge on any atom is 0.322 e. The second-order valence-corrected chi connectivity index (χ2v) is 5.73. The number of rotatable bonds is 7. The van der Waals surface area contributed by atoms with E-state index in [9.17, 15) is 19.2 Å². The van der Waals surface area contributed by atoms with Gasteiger partial charge in [0.15, 0.2) is 0 Å². The molecule has 1 aliphatic rings. The first-order valence-corrected chi connectivity index (χ1v) is 7.81. The summed E-state index contributed by atoms with van der Waals surface area (Å²) in [5.74, 6) is -1.66. The lowest BCUT2D eigenvalue weighted by Crippen LogP contribution is -2.37. The number of carbonyl (C=O) groups excluding carboxylic acids is 3. The van der Waals surface area contributed by atoms with Crippen molar-refractivity contribution in [1.82, 2.24) is 10.2 Å². The molecule has 0 bridgehead atoms. The second-order valence-electron chi connectivity index (χ2n) is 5.73. The van der Waals surface area contributed by atoms with E-state index in [1.54, 1.807) is 29.2 Å². The summed E-state index contributed by atoms with van der Waals surface area (Å²) in [6.45, 7) is 0.137. The number of aliphatic carboxylic acids is 1. The van der Waals surface area contributed by atoms with Gasteiger partial charge in [0, 0.05) is 6.54 Å². The van der Waals surface area contributed by atoms with Gasteiger partial charge in [-0.15, -0.1) is 0 Å². The van der Waals surface area contributed by atoms with Gasteiger partial charge in [-0.25, -0.2) is 0 Å². The molecule has 128 valence electrons. The largest absolute Gasteiger partial charge is 0.480 e. The minimum absolute atomic E-state index is 0.00778. The van der Waals surface area contributed by atoms with Crippen LogP contribution in [0.25, 0.3) is 0 Å². The highest BCUT2D eigenvalue weighted by Crippen LogP contribution is 2.18. The Morgan fingerprint density at radius 1 is 1.21 bits per heavy atom. The fourth-order valence-electron chi connectivity index (χ4n) is 2.82. The number of hydrogen-bond acceptors (Lipinski definition) is 4.